The molecule has 1 N–H and O–H groups in total. The van der Waals surface area contributed by atoms with Gasteiger partial charge in [0.1, 0.15) is 0 Å². The van der Waals surface area contributed by atoms with Gasteiger partial charge in [0.15, 0.2) is 0 Å². The second kappa shape index (κ2) is 1.47. The number of nitrogens with one attached hydrogen (secondary N) is 1. The van der Waals surface area contributed by atoms with Crippen molar-refractivity contribution in [2.45, 2.75) is 11.2 Å². The number of rotatable bonds is 1. The topological polar surface area (TPSA) is 40.9 Å². The largest absolute Gasteiger partial charge is 0.273 e. The monoisotopic (exact) mass is 162 g/mol. The van der Waals surface area contributed by atoms with E-state index in [1.165, 1.54) is 0 Å². The Bertz CT molecular complexity index is 104. The van der Waals surface area contributed by atoms with E-state index in [9.17, 15) is 4.79 Å². The van der Waals surface area contributed by atoms with Crippen molar-refractivity contribution in [2.75, 3.05) is 0 Å². The zero-order valence-electron chi connectivity index (χ0n) is 3.65. The molecule has 3 heteroatoms. The average Bonchev–Trinajstić information content (AvgIpc) is 2.17. The molecule has 0 spiro atoms. The minimum Gasteiger partial charge on any atom is -0.273 e. The summed E-state index contributed by atoms with van der Waals surface area (Å²) < 4.78 is 0. The summed E-state index contributed by atoms with van der Waals surface area (Å²) in [4.78, 5) is 10.4. The molecule has 1 aliphatic carbocycles. The van der Waals surface area contributed by atoms with Gasteiger partial charge in [-0.3, -0.25) is 10.5 Å². The molecule has 1 aliphatic rings. The SMILES string of the molecule is [NH]C(=O)C1CC1Br. The van der Waals surface area contributed by atoms with Gasteiger partial charge >= 0.3 is 0 Å². The van der Waals surface area contributed by atoms with Crippen molar-refractivity contribution in [3.8, 4) is 0 Å². The normalized spacial score (nSPS) is 37.9. The minimum absolute atomic E-state index is 0.0139. The fourth-order valence-electron chi connectivity index (χ4n) is 0.435. The summed E-state index contributed by atoms with van der Waals surface area (Å²) in [5, 5.41) is 0. The van der Waals surface area contributed by atoms with Crippen LogP contribution in [-0.4, -0.2) is 10.7 Å². The molecule has 0 saturated heterocycles. The highest BCUT2D eigenvalue weighted by Crippen LogP contribution is 2.37. The Morgan fingerprint density at radius 3 is 2.29 bits per heavy atom. The van der Waals surface area contributed by atoms with E-state index >= 15 is 0 Å². The third kappa shape index (κ3) is 0.938. The van der Waals surface area contributed by atoms with Crippen LogP contribution in [-0.2, 0) is 4.79 Å². The maximum Gasteiger partial charge on any atom is 0.242 e. The summed E-state index contributed by atoms with van der Waals surface area (Å²) in [7, 11) is 0. The Morgan fingerprint density at radius 2 is 2.29 bits per heavy atom. The van der Waals surface area contributed by atoms with E-state index < -0.39 is 5.91 Å². The van der Waals surface area contributed by atoms with Crippen LogP contribution in [0.25, 0.3) is 0 Å². The zero-order chi connectivity index (χ0) is 5.44. The summed E-state index contributed by atoms with van der Waals surface area (Å²) in [6.07, 6.45) is 0.863. The smallest absolute Gasteiger partial charge is 0.242 e. The summed E-state index contributed by atoms with van der Waals surface area (Å²) in [6, 6.07) is 0. The number of carbonyl (C=O) groups is 1. The third-order valence-corrected chi connectivity index (χ3v) is 2.06. The zero-order valence-corrected chi connectivity index (χ0v) is 5.23. The second-order valence-corrected chi connectivity index (χ2v) is 2.90. The molecule has 1 rings (SSSR count). The lowest BCUT2D eigenvalue weighted by Gasteiger charge is -1.78. The number of halogens is 1. The van der Waals surface area contributed by atoms with E-state index in [0.717, 1.165) is 6.42 Å². The van der Waals surface area contributed by atoms with Gasteiger partial charge in [0.05, 0.1) is 5.92 Å². The van der Waals surface area contributed by atoms with Crippen LogP contribution >= 0.6 is 15.9 Å². The van der Waals surface area contributed by atoms with Gasteiger partial charge < -0.3 is 0 Å². The summed E-state index contributed by atoms with van der Waals surface area (Å²) in [5.74, 6) is -0.415. The lowest BCUT2D eigenvalue weighted by molar-refractivity contribution is -0.119. The van der Waals surface area contributed by atoms with Gasteiger partial charge in [0.25, 0.3) is 0 Å². The van der Waals surface area contributed by atoms with Crippen LogP contribution < -0.4 is 5.73 Å². The van der Waals surface area contributed by atoms with Crippen LogP contribution in [0.4, 0.5) is 0 Å². The Balaban J connectivity index is 2.33. The van der Waals surface area contributed by atoms with Crippen molar-refractivity contribution < 1.29 is 4.79 Å². The first-order chi connectivity index (χ1) is 3.22. The molecule has 2 unspecified atom stereocenters. The van der Waals surface area contributed by atoms with Gasteiger partial charge in [0.2, 0.25) is 5.91 Å². The van der Waals surface area contributed by atoms with Crippen molar-refractivity contribution in [1.29, 1.82) is 0 Å². The van der Waals surface area contributed by atoms with Gasteiger partial charge in [-0.05, 0) is 6.42 Å². The fraction of sp³-hybridized carbons (Fsp3) is 0.750. The van der Waals surface area contributed by atoms with Crippen molar-refractivity contribution >= 4 is 21.8 Å². The summed E-state index contributed by atoms with van der Waals surface area (Å²) in [5.41, 5.74) is 6.56. The molecule has 0 aromatic heterocycles. The van der Waals surface area contributed by atoms with Crippen molar-refractivity contribution in [1.82, 2.24) is 5.73 Å². The fourth-order valence-corrected chi connectivity index (χ4v) is 1.08. The summed E-state index contributed by atoms with van der Waals surface area (Å²) in [6.45, 7) is 0. The van der Waals surface area contributed by atoms with E-state index in [4.69, 9.17) is 5.73 Å². The molecule has 0 aromatic carbocycles. The maximum atomic E-state index is 10.1. The van der Waals surface area contributed by atoms with Crippen molar-refractivity contribution in [2.24, 2.45) is 5.92 Å². The second-order valence-electron chi connectivity index (χ2n) is 1.72. The molecule has 0 heterocycles. The molecule has 2 atom stereocenters. The molecule has 1 radical (unpaired) electrons. The molecule has 1 saturated carbocycles. The highest BCUT2D eigenvalue weighted by Gasteiger charge is 2.39. The molecular formula is C4H5BrNO. The van der Waals surface area contributed by atoms with Crippen LogP contribution in [0.15, 0.2) is 0 Å². The maximum absolute atomic E-state index is 10.1. The number of carbonyl (C=O) groups excluding carboxylic acids is 1. The predicted molar refractivity (Wildman–Crippen MR) is 28.9 cm³/mol. The van der Waals surface area contributed by atoms with E-state index in [0.29, 0.717) is 4.83 Å². The number of amides is 1. The Kier molecular flexibility index (Phi) is 1.07. The van der Waals surface area contributed by atoms with Crippen molar-refractivity contribution in [3.05, 3.63) is 0 Å². The van der Waals surface area contributed by atoms with E-state index in [2.05, 4.69) is 15.9 Å². The molecular weight excluding hydrogens is 158 g/mol. The molecule has 39 valence electrons. The first-order valence-electron chi connectivity index (χ1n) is 2.11. The van der Waals surface area contributed by atoms with Crippen LogP contribution in [0.2, 0.25) is 0 Å². The first-order valence-corrected chi connectivity index (χ1v) is 3.03. The van der Waals surface area contributed by atoms with Crippen molar-refractivity contribution in [3.63, 3.8) is 0 Å². The van der Waals surface area contributed by atoms with Gasteiger partial charge in [-0.25, -0.2) is 0 Å². The Hall–Kier alpha value is -0.0500. The van der Waals surface area contributed by atoms with Gasteiger partial charge in [-0.2, -0.15) is 0 Å². The molecule has 2 nitrogen and oxygen atoms in total. The quantitative estimate of drug-likeness (QED) is 0.521. The Labute approximate surface area is 50.2 Å². The van der Waals surface area contributed by atoms with Gasteiger partial charge in [-0.1, -0.05) is 15.9 Å². The highest BCUT2D eigenvalue weighted by atomic mass is 79.9. The lowest BCUT2D eigenvalue weighted by Crippen LogP contribution is -2.00. The van der Waals surface area contributed by atoms with E-state index in [1.807, 2.05) is 0 Å². The third-order valence-electron chi connectivity index (χ3n) is 1.05. The standard InChI is InChI=1S/C4H5BrNO/c5-3-1-2(3)4(6)7/h2-3,6H,1H2. The molecule has 0 aliphatic heterocycles. The molecule has 0 bridgehead atoms. The Morgan fingerprint density at radius 1 is 1.86 bits per heavy atom. The molecule has 0 aromatic rings. The van der Waals surface area contributed by atoms with E-state index in [-0.39, 0.29) is 5.92 Å². The van der Waals surface area contributed by atoms with Gasteiger partial charge in [-0.15, -0.1) is 0 Å². The molecule has 1 amide bonds. The summed E-state index contributed by atoms with van der Waals surface area (Å²) >= 11 is 3.21. The number of hydrogen-bond donors (Lipinski definition) is 0. The van der Waals surface area contributed by atoms with Crippen LogP contribution in [0.5, 0.6) is 0 Å². The molecule has 7 heavy (non-hydrogen) atoms. The average molecular weight is 163 g/mol. The van der Waals surface area contributed by atoms with E-state index in [1.54, 1.807) is 0 Å². The minimum atomic E-state index is -0.429. The molecule has 1 fully saturated rings. The highest BCUT2D eigenvalue weighted by molar-refractivity contribution is 9.09. The van der Waals surface area contributed by atoms with Crippen LogP contribution in [0, 0.1) is 5.92 Å². The van der Waals surface area contributed by atoms with Gasteiger partial charge in [0, 0.05) is 4.83 Å². The number of hydrogen-bond acceptors (Lipinski definition) is 1. The number of alkyl halides is 1. The predicted octanol–water partition coefficient (Wildman–Crippen LogP) is 0.579. The lowest BCUT2D eigenvalue weighted by atomic mass is 10.4. The first kappa shape index (κ1) is 5.09. The van der Waals surface area contributed by atoms with Crippen LogP contribution in [0.3, 0.4) is 0 Å². The van der Waals surface area contributed by atoms with Crippen LogP contribution in [0.1, 0.15) is 6.42 Å².